The predicted molar refractivity (Wildman–Crippen MR) is 74.6 cm³/mol. The molecule has 0 aliphatic rings. The summed E-state index contributed by atoms with van der Waals surface area (Å²) in [7, 11) is 0. The molecule has 0 bridgehead atoms. The van der Waals surface area contributed by atoms with E-state index < -0.39 is 5.97 Å². The third-order valence-corrected chi connectivity index (χ3v) is 3.26. The lowest BCUT2D eigenvalue weighted by Gasteiger charge is -2.09. The number of carbonyl (C=O) groups is 1. The fourth-order valence-corrected chi connectivity index (χ4v) is 2.23. The molecule has 18 heavy (non-hydrogen) atoms. The number of aromatic amines is 1. The Bertz CT molecular complexity index is 565. The number of halogens is 1. The second-order valence-electron chi connectivity index (χ2n) is 4.41. The average molecular weight is 311 g/mol. The number of carboxylic acid groups (broad SMARTS) is 1. The molecule has 0 amide bonds. The van der Waals surface area contributed by atoms with Crippen LogP contribution in [0.4, 0.5) is 0 Å². The molecule has 1 aromatic carbocycles. The van der Waals surface area contributed by atoms with E-state index in [1.165, 1.54) is 0 Å². The second kappa shape index (κ2) is 5.54. The van der Waals surface area contributed by atoms with Crippen molar-refractivity contribution in [1.29, 1.82) is 0 Å². The molecule has 1 heterocycles. The summed E-state index contributed by atoms with van der Waals surface area (Å²) < 4.78 is 1.04. The first-order valence-corrected chi connectivity index (χ1v) is 6.56. The molecule has 0 spiro atoms. The van der Waals surface area contributed by atoms with Gasteiger partial charge in [-0.2, -0.15) is 0 Å². The maximum Gasteiger partial charge on any atom is 0.304 e. The molecule has 0 saturated carbocycles. The lowest BCUT2D eigenvalue weighted by Crippen LogP contribution is -2.28. The summed E-state index contributed by atoms with van der Waals surface area (Å²) in [6.45, 7) is 2.51. The number of hydrogen-bond acceptors (Lipinski definition) is 2. The van der Waals surface area contributed by atoms with Gasteiger partial charge in [0.1, 0.15) is 0 Å². The van der Waals surface area contributed by atoms with E-state index in [1.807, 2.05) is 25.1 Å². The third-order valence-electron chi connectivity index (χ3n) is 2.76. The smallest absolute Gasteiger partial charge is 0.304 e. The van der Waals surface area contributed by atoms with Gasteiger partial charge in [0.15, 0.2) is 0 Å². The maximum absolute atomic E-state index is 10.5. The minimum Gasteiger partial charge on any atom is -0.481 e. The van der Waals surface area contributed by atoms with Gasteiger partial charge in [-0.3, -0.25) is 4.79 Å². The molecule has 2 aromatic rings. The fraction of sp³-hybridized carbons (Fsp3) is 0.308. The Kier molecular flexibility index (Phi) is 4.04. The van der Waals surface area contributed by atoms with Crippen molar-refractivity contribution in [2.75, 3.05) is 0 Å². The number of nitrogens with one attached hydrogen (secondary N) is 2. The van der Waals surface area contributed by atoms with Crippen LogP contribution in [0, 0.1) is 0 Å². The van der Waals surface area contributed by atoms with Crippen LogP contribution in [0.25, 0.3) is 10.9 Å². The molecule has 0 radical (unpaired) electrons. The van der Waals surface area contributed by atoms with E-state index in [1.54, 1.807) is 0 Å². The minimum atomic E-state index is -0.782. The van der Waals surface area contributed by atoms with Gasteiger partial charge in [0.05, 0.1) is 6.42 Å². The molecule has 0 saturated heterocycles. The highest BCUT2D eigenvalue weighted by molar-refractivity contribution is 9.10. The fourth-order valence-electron chi connectivity index (χ4n) is 1.87. The van der Waals surface area contributed by atoms with Crippen LogP contribution in [0.5, 0.6) is 0 Å². The van der Waals surface area contributed by atoms with Gasteiger partial charge in [-0.15, -0.1) is 0 Å². The number of aliphatic carboxylic acids is 1. The molecule has 96 valence electrons. The molecular formula is C13H15BrN2O2. The van der Waals surface area contributed by atoms with Crippen molar-refractivity contribution in [2.45, 2.75) is 25.9 Å². The zero-order valence-corrected chi connectivity index (χ0v) is 11.6. The highest BCUT2D eigenvalue weighted by atomic mass is 79.9. The Labute approximate surface area is 114 Å². The van der Waals surface area contributed by atoms with Crippen LogP contribution >= 0.6 is 15.9 Å². The first-order valence-electron chi connectivity index (χ1n) is 5.77. The van der Waals surface area contributed by atoms with Crippen LogP contribution in [0.15, 0.2) is 28.7 Å². The van der Waals surface area contributed by atoms with Crippen LogP contribution in [0.3, 0.4) is 0 Å². The molecule has 1 aromatic heterocycles. The first kappa shape index (κ1) is 13.1. The predicted octanol–water partition coefficient (Wildman–Crippen LogP) is 2.88. The number of benzene rings is 1. The summed E-state index contributed by atoms with van der Waals surface area (Å²) in [6, 6.07) is 8.10. The van der Waals surface area contributed by atoms with Gasteiger partial charge in [0.25, 0.3) is 0 Å². The number of aromatic nitrogens is 1. The Morgan fingerprint density at radius 1 is 1.50 bits per heavy atom. The van der Waals surface area contributed by atoms with E-state index in [-0.39, 0.29) is 12.5 Å². The van der Waals surface area contributed by atoms with Crippen LogP contribution in [-0.2, 0) is 11.3 Å². The molecular weight excluding hydrogens is 296 g/mol. The van der Waals surface area contributed by atoms with Gasteiger partial charge in [0.2, 0.25) is 0 Å². The van der Waals surface area contributed by atoms with Crippen LogP contribution in [-0.4, -0.2) is 22.1 Å². The zero-order chi connectivity index (χ0) is 13.1. The number of H-pyrrole nitrogens is 1. The van der Waals surface area contributed by atoms with E-state index in [0.29, 0.717) is 6.54 Å². The average Bonchev–Trinajstić information content (AvgIpc) is 2.67. The van der Waals surface area contributed by atoms with Crippen molar-refractivity contribution in [3.05, 3.63) is 34.4 Å². The molecule has 5 heteroatoms. The largest absolute Gasteiger partial charge is 0.481 e. The number of rotatable bonds is 5. The Hall–Kier alpha value is -1.33. The standard InChI is InChI=1S/C13H15BrN2O2/c1-8(4-13(17)18)15-7-11-5-9-2-3-10(14)6-12(9)16-11/h2-3,5-6,8,15-16H,4,7H2,1H3,(H,17,18). The van der Waals surface area contributed by atoms with E-state index in [4.69, 9.17) is 5.11 Å². The van der Waals surface area contributed by atoms with Crippen molar-refractivity contribution < 1.29 is 9.90 Å². The minimum absolute atomic E-state index is 0.0411. The number of hydrogen-bond donors (Lipinski definition) is 3. The van der Waals surface area contributed by atoms with E-state index in [9.17, 15) is 4.79 Å². The summed E-state index contributed by atoms with van der Waals surface area (Å²) >= 11 is 3.43. The molecule has 0 aliphatic heterocycles. The quantitative estimate of drug-likeness (QED) is 0.795. The molecule has 4 nitrogen and oxygen atoms in total. The van der Waals surface area contributed by atoms with Gasteiger partial charge in [-0.1, -0.05) is 22.0 Å². The second-order valence-corrected chi connectivity index (χ2v) is 5.32. The van der Waals surface area contributed by atoms with Gasteiger partial charge in [-0.25, -0.2) is 0 Å². The van der Waals surface area contributed by atoms with Crippen LogP contribution in [0.2, 0.25) is 0 Å². The first-order chi connectivity index (χ1) is 8.54. The topological polar surface area (TPSA) is 65.1 Å². The summed E-state index contributed by atoms with van der Waals surface area (Å²) in [5, 5.41) is 13.0. The van der Waals surface area contributed by atoms with E-state index in [2.05, 4.69) is 32.3 Å². The molecule has 1 unspecified atom stereocenters. The van der Waals surface area contributed by atoms with Crippen molar-refractivity contribution >= 4 is 32.8 Å². The normalized spacial score (nSPS) is 12.8. The Balaban J connectivity index is 2.01. The summed E-state index contributed by atoms with van der Waals surface area (Å²) in [5.41, 5.74) is 2.13. The van der Waals surface area contributed by atoms with Crippen LogP contribution < -0.4 is 5.32 Å². The molecule has 2 rings (SSSR count). The van der Waals surface area contributed by atoms with E-state index in [0.717, 1.165) is 21.1 Å². The van der Waals surface area contributed by atoms with Crippen LogP contribution in [0.1, 0.15) is 19.0 Å². The zero-order valence-electron chi connectivity index (χ0n) is 10.0. The SMILES string of the molecule is CC(CC(=O)O)NCc1cc2ccc(Br)cc2[nH]1. The monoisotopic (exact) mass is 310 g/mol. The summed E-state index contributed by atoms with van der Waals surface area (Å²) in [5.74, 6) is -0.782. The summed E-state index contributed by atoms with van der Waals surface area (Å²) in [4.78, 5) is 13.9. The van der Waals surface area contributed by atoms with Gasteiger partial charge in [0, 0.05) is 28.3 Å². The lowest BCUT2D eigenvalue weighted by atomic mass is 10.2. The molecule has 0 fully saturated rings. The molecule has 3 N–H and O–H groups in total. The Morgan fingerprint density at radius 3 is 3.00 bits per heavy atom. The number of carboxylic acids is 1. The molecule has 1 atom stereocenters. The third kappa shape index (κ3) is 3.34. The summed E-state index contributed by atoms with van der Waals surface area (Å²) in [6.07, 6.45) is 0.131. The van der Waals surface area contributed by atoms with Gasteiger partial charge < -0.3 is 15.4 Å². The highest BCUT2D eigenvalue weighted by Gasteiger charge is 2.07. The highest BCUT2D eigenvalue weighted by Crippen LogP contribution is 2.20. The van der Waals surface area contributed by atoms with Crippen molar-refractivity contribution in [3.8, 4) is 0 Å². The number of fused-ring (bicyclic) bond motifs is 1. The van der Waals surface area contributed by atoms with Gasteiger partial charge in [-0.05, 0) is 30.5 Å². The van der Waals surface area contributed by atoms with Gasteiger partial charge >= 0.3 is 5.97 Å². The Morgan fingerprint density at radius 2 is 2.28 bits per heavy atom. The van der Waals surface area contributed by atoms with Crippen molar-refractivity contribution in [1.82, 2.24) is 10.3 Å². The van der Waals surface area contributed by atoms with E-state index >= 15 is 0 Å². The molecule has 0 aliphatic carbocycles. The maximum atomic E-state index is 10.5. The van der Waals surface area contributed by atoms with Crippen molar-refractivity contribution in [2.24, 2.45) is 0 Å². The van der Waals surface area contributed by atoms with Crippen molar-refractivity contribution in [3.63, 3.8) is 0 Å². The lowest BCUT2D eigenvalue weighted by molar-refractivity contribution is -0.137.